The molecule has 0 amide bonds. The van der Waals surface area contributed by atoms with Crippen LogP contribution in [0.3, 0.4) is 0 Å². The number of aryl methyl sites for hydroxylation is 2. The normalized spacial score (nSPS) is 10.6. The lowest BCUT2D eigenvalue weighted by molar-refractivity contribution is 0.572. The fraction of sp³-hybridized carbons (Fsp3) is 0.357. The Bertz CT molecular complexity index is 440. The van der Waals surface area contributed by atoms with Crippen LogP contribution in [0, 0.1) is 6.92 Å². The molecule has 2 rings (SSSR count). The average molecular weight is 214 g/mol. The number of hydrogen-bond acceptors (Lipinski definition) is 1. The van der Waals surface area contributed by atoms with Gasteiger partial charge < -0.3 is 0 Å². The van der Waals surface area contributed by atoms with Crippen molar-refractivity contribution in [3.63, 3.8) is 0 Å². The van der Waals surface area contributed by atoms with Gasteiger partial charge in [-0.05, 0) is 18.9 Å². The molecule has 0 aliphatic rings. The summed E-state index contributed by atoms with van der Waals surface area (Å²) in [7, 11) is 0. The van der Waals surface area contributed by atoms with Gasteiger partial charge in [0.15, 0.2) is 0 Å². The Morgan fingerprint density at radius 1 is 1.12 bits per heavy atom. The van der Waals surface area contributed by atoms with Crippen LogP contribution >= 0.6 is 0 Å². The average Bonchev–Trinajstić information content (AvgIpc) is 2.76. The molecule has 0 fully saturated rings. The zero-order chi connectivity index (χ0) is 11.4. The third-order valence-electron chi connectivity index (χ3n) is 2.76. The fourth-order valence-electron chi connectivity index (χ4n) is 1.70. The van der Waals surface area contributed by atoms with E-state index in [0.29, 0.717) is 0 Å². The van der Waals surface area contributed by atoms with E-state index >= 15 is 0 Å². The van der Waals surface area contributed by atoms with Crippen LogP contribution in [0.2, 0.25) is 0 Å². The van der Waals surface area contributed by atoms with Gasteiger partial charge in [0.1, 0.15) is 0 Å². The molecule has 1 aromatic heterocycles. The Kier molecular flexibility index (Phi) is 3.40. The fourth-order valence-corrected chi connectivity index (χ4v) is 1.70. The Labute approximate surface area is 96.9 Å². The lowest BCUT2D eigenvalue weighted by Crippen LogP contribution is -1.96. The summed E-state index contributed by atoms with van der Waals surface area (Å²) >= 11 is 0. The van der Waals surface area contributed by atoms with Crippen molar-refractivity contribution in [2.24, 2.45) is 0 Å². The molecular weight excluding hydrogens is 196 g/mol. The van der Waals surface area contributed by atoms with Crippen LogP contribution in [0.5, 0.6) is 0 Å². The molecule has 0 unspecified atom stereocenters. The first-order valence-corrected chi connectivity index (χ1v) is 5.89. The maximum atomic E-state index is 4.37. The van der Waals surface area contributed by atoms with Crippen LogP contribution in [0.4, 0.5) is 0 Å². The van der Waals surface area contributed by atoms with E-state index in [2.05, 4.69) is 49.4 Å². The second-order valence-corrected chi connectivity index (χ2v) is 4.21. The predicted molar refractivity (Wildman–Crippen MR) is 67.3 cm³/mol. The molecule has 0 aliphatic carbocycles. The van der Waals surface area contributed by atoms with Gasteiger partial charge in [0.2, 0.25) is 0 Å². The minimum atomic E-state index is 1.02. The molecule has 2 nitrogen and oxygen atoms in total. The van der Waals surface area contributed by atoms with Gasteiger partial charge in [-0.1, -0.05) is 43.2 Å². The highest BCUT2D eigenvalue weighted by atomic mass is 15.3. The van der Waals surface area contributed by atoms with Crippen LogP contribution in [-0.2, 0) is 6.54 Å². The Morgan fingerprint density at radius 2 is 1.88 bits per heavy atom. The van der Waals surface area contributed by atoms with Gasteiger partial charge in [-0.2, -0.15) is 5.10 Å². The monoisotopic (exact) mass is 214 g/mol. The van der Waals surface area contributed by atoms with Crippen molar-refractivity contribution in [2.45, 2.75) is 33.2 Å². The Morgan fingerprint density at radius 3 is 2.56 bits per heavy atom. The maximum absolute atomic E-state index is 4.37. The van der Waals surface area contributed by atoms with Crippen molar-refractivity contribution >= 4 is 0 Å². The van der Waals surface area contributed by atoms with Crippen LogP contribution in [0.1, 0.15) is 25.3 Å². The van der Waals surface area contributed by atoms with Gasteiger partial charge in [0.05, 0.1) is 6.20 Å². The number of rotatable bonds is 4. The summed E-state index contributed by atoms with van der Waals surface area (Å²) in [5.74, 6) is 0. The number of aromatic nitrogens is 2. The summed E-state index contributed by atoms with van der Waals surface area (Å²) in [6.45, 7) is 5.32. The van der Waals surface area contributed by atoms with Gasteiger partial charge in [0.25, 0.3) is 0 Å². The highest BCUT2D eigenvalue weighted by Crippen LogP contribution is 2.18. The first-order valence-electron chi connectivity index (χ1n) is 5.89. The summed E-state index contributed by atoms with van der Waals surface area (Å²) in [4.78, 5) is 0. The standard InChI is InChI=1S/C14H18N2/c1-3-4-9-16-11-14(10-15-16)13-7-5-12(2)6-8-13/h5-8,10-11H,3-4,9H2,1-2H3. The summed E-state index contributed by atoms with van der Waals surface area (Å²) in [6, 6.07) is 8.57. The molecule has 0 N–H and O–H groups in total. The third-order valence-corrected chi connectivity index (χ3v) is 2.76. The summed E-state index contributed by atoms with van der Waals surface area (Å²) in [5, 5.41) is 4.37. The van der Waals surface area contributed by atoms with E-state index in [4.69, 9.17) is 0 Å². The second kappa shape index (κ2) is 4.97. The van der Waals surface area contributed by atoms with Crippen molar-refractivity contribution in [1.29, 1.82) is 0 Å². The molecule has 84 valence electrons. The SMILES string of the molecule is CCCCn1cc(-c2ccc(C)cc2)cn1. The van der Waals surface area contributed by atoms with Crippen molar-refractivity contribution < 1.29 is 0 Å². The van der Waals surface area contributed by atoms with Gasteiger partial charge in [-0.25, -0.2) is 0 Å². The molecule has 0 saturated heterocycles. The van der Waals surface area contributed by atoms with Crippen molar-refractivity contribution in [3.05, 3.63) is 42.2 Å². The van der Waals surface area contributed by atoms with Crippen LogP contribution in [0.25, 0.3) is 11.1 Å². The second-order valence-electron chi connectivity index (χ2n) is 4.21. The van der Waals surface area contributed by atoms with E-state index < -0.39 is 0 Å². The maximum Gasteiger partial charge on any atom is 0.0568 e. The molecule has 0 atom stereocenters. The molecule has 0 aliphatic heterocycles. The highest BCUT2D eigenvalue weighted by molar-refractivity contribution is 5.61. The Hall–Kier alpha value is -1.57. The molecular formula is C14H18N2. The number of nitrogens with zero attached hydrogens (tertiary/aromatic N) is 2. The predicted octanol–water partition coefficient (Wildman–Crippen LogP) is 3.66. The number of unbranched alkanes of at least 4 members (excludes halogenated alkanes) is 1. The topological polar surface area (TPSA) is 17.8 Å². The minimum Gasteiger partial charge on any atom is -0.272 e. The van der Waals surface area contributed by atoms with E-state index in [9.17, 15) is 0 Å². The van der Waals surface area contributed by atoms with E-state index in [1.807, 2.05) is 10.9 Å². The molecule has 0 spiro atoms. The number of benzene rings is 1. The molecule has 1 aromatic carbocycles. The van der Waals surface area contributed by atoms with Crippen molar-refractivity contribution in [3.8, 4) is 11.1 Å². The zero-order valence-corrected chi connectivity index (χ0v) is 9.98. The molecule has 16 heavy (non-hydrogen) atoms. The highest BCUT2D eigenvalue weighted by Gasteiger charge is 2.00. The van der Waals surface area contributed by atoms with E-state index in [0.717, 1.165) is 6.54 Å². The molecule has 0 bridgehead atoms. The van der Waals surface area contributed by atoms with E-state index in [1.54, 1.807) is 0 Å². The summed E-state index contributed by atoms with van der Waals surface area (Å²) in [6.07, 6.45) is 6.47. The minimum absolute atomic E-state index is 1.02. The largest absolute Gasteiger partial charge is 0.272 e. The van der Waals surface area contributed by atoms with Gasteiger partial charge in [-0.3, -0.25) is 4.68 Å². The van der Waals surface area contributed by atoms with Crippen LogP contribution < -0.4 is 0 Å². The van der Waals surface area contributed by atoms with Crippen LogP contribution in [-0.4, -0.2) is 9.78 Å². The van der Waals surface area contributed by atoms with E-state index in [-0.39, 0.29) is 0 Å². The first-order chi connectivity index (χ1) is 7.79. The first kappa shape index (κ1) is 10.9. The number of hydrogen-bond donors (Lipinski definition) is 0. The summed E-state index contributed by atoms with van der Waals surface area (Å²) < 4.78 is 2.03. The zero-order valence-electron chi connectivity index (χ0n) is 9.98. The molecule has 0 saturated carbocycles. The quantitative estimate of drug-likeness (QED) is 0.759. The van der Waals surface area contributed by atoms with Gasteiger partial charge in [0, 0.05) is 18.3 Å². The van der Waals surface area contributed by atoms with Gasteiger partial charge in [-0.15, -0.1) is 0 Å². The summed E-state index contributed by atoms with van der Waals surface area (Å²) in [5.41, 5.74) is 3.74. The molecule has 1 heterocycles. The lowest BCUT2D eigenvalue weighted by Gasteiger charge is -1.99. The van der Waals surface area contributed by atoms with Gasteiger partial charge >= 0.3 is 0 Å². The van der Waals surface area contributed by atoms with Crippen molar-refractivity contribution in [1.82, 2.24) is 9.78 Å². The Balaban J connectivity index is 2.15. The molecule has 2 aromatic rings. The molecule has 0 radical (unpaired) electrons. The van der Waals surface area contributed by atoms with Crippen LogP contribution in [0.15, 0.2) is 36.7 Å². The molecule has 2 heteroatoms. The van der Waals surface area contributed by atoms with E-state index in [1.165, 1.54) is 29.5 Å². The smallest absolute Gasteiger partial charge is 0.0568 e. The van der Waals surface area contributed by atoms with Crippen molar-refractivity contribution in [2.75, 3.05) is 0 Å². The third kappa shape index (κ3) is 2.51. The lowest BCUT2D eigenvalue weighted by atomic mass is 10.1.